The van der Waals surface area contributed by atoms with E-state index < -0.39 is 0 Å². The molecule has 2 aromatic rings. The number of ketones is 1. The van der Waals surface area contributed by atoms with Crippen molar-refractivity contribution in [1.82, 2.24) is 0 Å². The van der Waals surface area contributed by atoms with E-state index in [0.717, 1.165) is 24.0 Å². The Balaban J connectivity index is 2.32. The van der Waals surface area contributed by atoms with E-state index in [2.05, 4.69) is 6.92 Å². The van der Waals surface area contributed by atoms with Gasteiger partial charge in [0, 0.05) is 6.92 Å². The van der Waals surface area contributed by atoms with E-state index in [1.165, 1.54) is 6.92 Å². The highest BCUT2D eigenvalue weighted by atomic mass is 16.5. The molecule has 3 heteroatoms. The van der Waals surface area contributed by atoms with Crippen molar-refractivity contribution in [2.45, 2.75) is 26.7 Å². The van der Waals surface area contributed by atoms with Gasteiger partial charge in [-0.1, -0.05) is 19.4 Å². The molecule has 3 nitrogen and oxygen atoms in total. The van der Waals surface area contributed by atoms with Crippen molar-refractivity contribution in [2.24, 2.45) is 0 Å². The molecule has 1 aromatic carbocycles. The molecular weight excluding hydrogens is 216 g/mol. The van der Waals surface area contributed by atoms with E-state index >= 15 is 0 Å². The van der Waals surface area contributed by atoms with Crippen molar-refractivity contribution < 1.29 is 13.9 Å². The molecule has 17 heavy (non-hydrogen) atoms. The number of hydrogen-bond donors (Lipinski definition) is 0. The minimum absolute atomic E-state index is 0.0688. The average molecular weight is 232 g/mol. The van der Waals surface area contributed by atoms with Gasteiger partial charge in [0.05, 0.1) is 12.0 Å². The smallest absolute Gasteiger partial charge is 0.194 e. The lowest BCUT2D eigenvalue weighted by Gasteiger charge is -2.05. The Kier molecular flexibility index (Phi) is 3.47. The van der Waals surface area contributed by atoms with E-state index in [4.69, 9.17) is 9.15 Å². The van der Waals surface area contributed by atoms with Gasteiger partial charge in [0.25, 0.3) is 0 Å². The number of carbonyl (C=O) groups is 1. The fourth-order valence-electron chi connectivity index (χ4n) is 1.66. The van der Waals surface area contributed by atoms with E-state index in [9.17, 15) is 4.79 Å². The standard InChI is InChI=1S/C14H16O3/c1-3-4-8-16-12-6-5-7-13-11(12)9-14(17-13)10(2)15/h5-7,9H,3-4,8H2,1-2H3. The van der Waals surface area contributed by atoms with Crippen LogP contribution in [-0.4, -0.2) is 12.4 Å². The van der Waals surface area contributed by atoms with Gasteiger partial charge in [-0.3, -0.25) is 4.79 Å². The number of furan rings is 1. The Morgan fingerprint density at radius 3 is 2.94 bits per heavy atom. The lowest BCUT2D eigenvalue weighted by molar-refractivity contribution is 0.0989. The molecule has 2 rings (SSSR count). The first kappa shape index (κ1) is 11.7. The molecular formula is C14H16O3. The first-order valence-corrected chi connectivity index (χ1v) is 5.88. The highest BCUT2D eigenvalue weighted by Crippen LogP contribution is 2.29. The Labute approximate surface area is 100 Å². The summed E-state index contributed by atoms with van der Waals surface area (Å²) in [4.78, 5) is 11.3. The summed E-state index contributed by atoms with van der Waals surface area (Å²) in [6.45, 7) is 4.31. The van der Waals surface area contributed by atoms with Gasteiger partial charge in [0.1, 0.15) is 11.3 Å². The third-order valence-electron chi connectivity index (χ3n) is 2.62. The third-order valence-corrected chi connectivity index (χ3v) is 2.62. The zero-order valence-corrected chi connectivity index (χ0v) is 10.2. The minimum Gasteiger partial charge on any atom is -0.493 e. The Morgan fingerprint density at radius 1 is 1.41 bits per heavy atom. The van der Waals surface area contributed by atoms with Crippen molar-refractivity contribution in [3.05, 3.63) is 30.0 Å². The van der Waals surface area contributed by atoms with Gasteiger partial charge in [0.2, 0.25) is 0 Å². The summed E-state index contributed by atoms with van der Waals surface area (Å²) in [5.41, 5.74) is 0.698. The number of carbonyl (C=O) groups excluding carboxylic acids is 1. The van der Waals surface area contributed by atoms with Gasteiger partial charge in [-0.05, 0) is 24.6 Å². The van der Waals surface area contributed by atoms with Crippen LogP contribution in [0, 0.1) is 0 Å². The lowest BCUT2D eigenvalue weighted by atomic mass is 10.2. The second kappa shape index (κ2) is 5.04. The van der Waals surface area contributed by atoms with Gasteiger partial charge >= 0.3 is 0 Å². The number of hydrogen-bond acceptors (Lipinski definition) is 3. The highest BCUT2D eigenvalue weighted by Gasteiger charge is 2.11. The first-order chi connectivity index (χ1) is 8.22. The minimum atomic E-state index is -0.0688. The number of ether oxygens (including phenoxy) is 1. The SMILES string of the molecule is CCCCOc1cccc2oc(C(C)=O)cc12. The molecule has 0 unspecified atom stereocenters. The zero-order chi connectivity index (χ0) is 12.3. The van der Waals surface area contributed by atoms with Crippen LogP contribution in [0.2, 0.25) is 0 Å². The maximum atomic E-state index is 11.3. The first-order valence-electron chi connectivity index (χ1n) is 5.88. The van der Waals surface area contributed by atoms with E-state index in [-0.39, 0.29) is 5.78 Å². The summed E-state index contributed by atoms with van der Waals surface area (Å²) in [5, 5.41) is 0.869. The summed E-state index contributed by atoms with van der Waals surface area (Å²) in [5.74, 6) is 1.10. The monoisotopic (exact) mass is 232 g/mol. The van der Waals surface area contributed by atoms with Crippen LogP contribution >= 0.6 is 0 Å². The Hall–Kier alpha value is -1.77. The van der Waals surface area contributed by atoms with Crippen LogP contribution < -0.4 is 4.74 Å². The molecule has 0 aliphatic heterocycles. The molecule has 0 aliphatic rings. The predicted molar refractivity (Wildman–Crippen MR) is 66.6 cm³/mol. The number of fused-ring (bicyclic) bond motifs is 1. The molecule has 0 saturated heterocycles. The molecule has 0 saturated carbocycles. The molecule has 1 heterocycles. The van der Waals surface area contributed by atoms with Gasteiger partial charge in [-0.15, -0.1) is 0 Å². The molecule has 1 aromatic heterocycles. The molecule has 0 atom stereocenters. The van der Waals surface area contributed by atoms with Crippen LogP contribution in [0.5, 0.6) is 5.75 Å². The molecule has 0 N–H and O–H groups in total. The van der Waals surface area contributed by atoms with Crippen LogP contribution in [-0.2, 0) is 0 Å². The van der Waals surface area contributed by atoms with Crippen molar-refractivity contribution in [2.75, 3.05) is 6.61 Å². The molecule has 0 radical (unpaired) electrons. The van der Waals surface area contributed by atoms with Crippen LogP contribution in [0.3, 0.4) is 0 Å². The van der Waals surface area contributed by atoms with Crippen LogP contribution in [0.4, 0.5) is 0 Å². The van der Waals surface area contributed by atoms with Crippen molar-refractivity contribution >= 4 is 16.8 Å². The summed E-state index contributed by atoms with van der Waals surface area (Å²) < 4.78 is 11.1. The average Bonchev–Trinajstić information content (AvgIpc) is 2.74. The van der Waals surface area contributed by atoms with Crippen molar-refractivity contribution in [1.29, 1.82) is 0 Å². The summed E-state index contributed by atoms with van der Waals surface area (Å²) in [6.07, 6.45) is 2.12. The van der Waals surface area contributed by atoms with Crippen molar-refractivity contribution in [3.8, 4) is 5.75 Å². The fourth-order valence-corrected chi connectivity index (χ4v) is 1.66. The topological polar surface area (TPSA) is 39.4 Å². The van der Waals surface area contributed by atoms with E-state index in [1.54, 1.807) is 6.07 Å². The van der Waals surface area contributed by atoms with Gasteiger partial charge in [-0.2, -0.15) is 0 Å². The zero-order valence-electron chi connectivity index (χ0n) is 10.2. The number of unbranched alkanes of at least 4 members (excludes halogenated alkanes) is 1. The molecule has 0 amide bonds. The van der Waals surface area contributed by atoms with Crippen LogP contribution in [0.25, 0.3) is 11.0 Å². The fraction of sp³-hybridized carbons (Fsp3) is 0.357. The van der Waals surface area contributed by atoms with Crippen LogP contribution in [0.15, 0.2) is 28.7 Å². The molecule has 0 fully saturated rings. The van der Waals surface area contributed by atoms with Crippen LogP contribution in [0.1, 0.15) is 37.2 Å². The van der Waals surface area contributed by atoms with E-state index in [0.29, 0.717) is 18.0 Å². The predicted octanol–water partition coefficient (Wildman–Crippen LogP) is 3.81. The largest absolute Gasteiger partial charge is 0.493 e. The lowest BCUT2D eigenvalue weighted by Crippen LogP contribution is -1.96. The summed E-state index contributed by atoms with van der Waals surface area (Å²) in [7, 11) is 0. The Bertz CT molecular complexity index is 525. The third kappa shape index (κ3) is 2.49. The summed E-state index contributed by atoms with van der Waals surface area (Å²) in [6, 6.07) is 7.36. The van der Waals surface area contributed by atoms with Crippen molar-refractivity contribution in [3.63, 3.8) is 0 Å². The normalized spacial score (nSPS) is 10.7. The quantitative estimate of drug-likeness (QED) is 0.581. The Morgan fingerprint density at radius 2 is 2.24 bits per heavy atom. The summed E-state index contributed by atoms with van der Waals surface area (Å²) >= 11 is 0. The number of benzene rings is 1. The number of Topliss-reactive ketones (excluding diaryl/α,β-unsaturated/α-hetero) is 1. The molecule has 0 spiro atoms. The number of rotatable bonds is 5. The maximum absolute atomic E-state index is 11.3. The molecule has 0 aliphatic carbocycles. The molecule has 90 valence electrons. The van der Waals surface area contributed by atoms with Gasteiger partial charge in [-0.25, -0.2) is 0 Å². The second-order valence-corrected chi connectivity index (χ2v) is 4.04. The highest BCUT2D eigenvalue weighted by molar-refractivity contribution is 5.97. The maximum Gasteiger partial charge on any atom is 0.194 e. The van der Waals surface area contributed by atoms with Gasteiger partial charge in [0.15, 0.2) is 11.5 Å². The molecule has 0 bridgehead atoms. The van der Waals surface area contributed by atoms with Gasteiger partial charge < -0.3 is 9.15 Å². The van der Waals surface area contributed by atoms with E-state index in [1.807, 2.05) is 18.2 Å². The second-order valence-electron chi connectivity index (χ2n) is 4.04.